The van der Waals surface area contributed by atoms with Crippen molar-refractivity contribution in [3.05, 3.63) is 35.9 Å². The fourth-order valence-corrected chi connectivity index (χ4v) is 4.96. The highest BCUT2D eigenvalue weighted by Crippen LogP contribution is 2.09. The molecule has 0 unspecified atom stereocenters. The maximum absolute atomic E-state index is 13.3. The fraction of sp³-hybridized carbons (Fsp3) is 0.576. The van der Waals surface area contributed by atoms with Crippen molar-refractivity contribution in [1.29, 1.82) is 0 Å². The molecular weight excluding hydrogens is 696 g/mol. The fourth-order valence-electron chi connectivity index (χ4n) is 4.71. The number of nitrogens with zero attached hydrogens (tertiary/aromatic N) is 1. The number of guanidine groups is 1. The van der Waals surface area contributed by atoms with Gasteiger partial charge in [-0.3, -0.25) is 33.8 Å². The number of aliphatic carboxylic acids is 1. The molecule has 0 aromatic heterocycles. The van der Waals surface area contributed by atoms with E-state index in [1.165, 1.54) is 0 Å². The zero-order chi connectivity index (χ0) is 39.4. The Morgan fingerprint density at radius 3 is 1.92 bits per heavy atom. The normalized spacial score (nSPS) is 13.8. The Morgan fingerprint density at radius 1 is 0.769 bits per heavy atom. The Labute approximate surface area is 309 Å². The molecule has 1 rings (SSSR count). The first kappa shape index (κ1) is 45.1. The lowest BCUT2D eigenvalue weighted by molar-refractivity contribution is -0.142. The predicted molar refractivity (Wildman–Crippen MR) is 198 cm³/mol. The van der Waals surface area contributed by atoms with E-state index in [0.717, 1.165) is 0 Å². The summed E-state index contributed by atoms with van der Waals surface area (Å²) in [5.74, 6) is -6.14. The average molecular weight is 751 g/mol. The van der Waals surface area contributed by atoms with Crippen molar-refractivity contribution in [1.82, 2.24) is 31.9 Å². The number of carboxylic acid groups (broad SMARTS) is 1. The molecule has 0 saturated heterocycles. The monoisotopic (exact) mass is 750 g/mol. The molecule has 52 heavy (non-hydrogen) atoms. The number of nitrogens with one attached hydrogen (secondary N) is 6. The van der Waals surface area contributed by atoms with Crippen molar-refractivity contribution in [3.8, 4) is 0 Å². The minimum atomic E-state index is -1.26. The van der Waals surface area contributed by atoms with Crippen LogP contribution in [-0.2, 0) is 40.0 Å². The number of hydrogen-bond donors (Lipinski definition) is 11. The number of carbonyl (C=O) groups excluding carboxylic acids is 6. The van der Waals surface area contributed by atoms with Crippen LogP contribution >= 0.6 is 12.6 Å². The first-order chi connectivity index (χ1) is 24.4. The summed E-state index contributed by atoms with van der Waals surface area (Å²) < 4.78 is 0. The lowest BCUT2D eigenvalue weighted by Gasteiger charge is -2.27. The number of nitrogens with two attached hydrogens (primary N) is 3. The number of rotatable bonds is 23. The quantitative estimate of drug-likeness (QED) is 0.0240. The van der Waals surface area contributed by atoms with Gasteiger partial charge < -0.3 is 54.2 Å². The predicted octanol–water partition coefficient (Wildman–Crippen LogP) is -2.50. The van der Waals surface area contributed by atoms with Crippen LogP contribution in [0.3, 0.4) is 0 Å². The summed E-state index contributed by atoms with van der Waals surface area (Å²) in [7, 11) is 0. The molecule has 0 aliphatic rings. The summed E-state index contributed by atoms with van der Waals surface area (Å²) >= 11 is 4.19. The molecule has 0 spiro atoms. The second kappa shape index (κ2) is 23.5. The lowest BCUT2D eigenvalue weighted by Crippen LogP contribution is -2.59. The van der Waals surface area contributed by atoms with Gasteiger partial charge in [0.05, 0.1) is 19.1 Å². The molecule has 0 aliphatic carbocycles. The molecule has 19 heteroatoms. The second-order valence-corrected chi connectivity index (χ2v) is 13.2. The SMILES string of the molecule is CC(C)C[C@H](NC(=O)CNC(=O)CNC(=O)[C@@H](N)CCCN=C(N)N)C(=O)N[C@@H](CS)C(=O)N[C@H](C(=O)N[C@@H](Cc1ccccc1)C(=O)O)C(C)C. The molecule has 13 N–H and O–H groups in total. The zero-order valence-corrected chi connectivity index (χ0v) is 30.9. The van der Waals surface area contributed by atoms with E-state index in [4.69, 9.17) is 17.2 Å². The standard InChI is InChI=1S/C33H54N10O8S/c1-18(2)13-22(40-26(45)16-38-25(44)15-39-28(46)21(34)11-8-12-37-33(35)36)29(47)42-24(17-52)30(48)43-27(19(3)4)31(49)41-23(32(50)51)14-20-9-6-5-7-10-20/h5-7,9-10,18-19,21-24,27,52H,8,11-17,34H2,1-4H3,(H,38,44)(H,39,46)(H,40,45)(H,41,49)(H,42,47)(H,43,48)(H,50,51)(H4,35,36,37)/t21-,22-,23-,24-,27-/m0/s1. The smallest absolute Gasteiger partial charge is 0.326 e. The minimum Gasteiger partial charge on any atom is -0.480 e. The van der Waals surface area contributed by atoms with Crippen LogP contribution in [-0.4, -0.2) is 108 Å². The van der Waals surface area contributed by atoms with Gasteiger partial charge in [-0.2, -0.15) is 12.6 Å². The summed E-state index contributed by atoms with van der Waals surface area (Å²) in [5.41, 5.74) is 17.0. The van der Waals surface area contributed by atoms with Gasteiger partial charge in [0.1, 0.15) is 24.2 Å². The van der Waals surface area contributed by atoms with Gasteiger partial charge in [0, 0.05) is 18.7 Å². The summed E-state index contributed by atoms with van der Waals surface area (Å²) in [5, 5.41) is 24.6. The van der Waals surface area contributed by atoms with Crippen LogP contribution in [0, 0.1) is 11.8 Å². The molecule has 0 heterocycles. The van der Waals surface area contributed by atoms with Crippen molar-refractivity contribution in [3.63, 3.8) is 0 Å². The lowest BCUT2D eigenvalue weighted by atomic mass is 10.0. The van der Waals surface area contributed by atoms with Crippen LogP contribution in [0.5, 0.6) is 0 Å². The van der Waals surface area contributed by atoms with E-state index < -0.39 is 90.6 Å². The highest BCUT2D eigenvalue weighted by atomic mass is 32.1. The molecule has 18 nitrogen and oxygen atoms in total. The van der Waals surface area contributed by atoms with Crippen molar-refractivity contribution in [2.75, 3.05) is 25.4 Å². The number of carbonyl (C=O) groups is 7. The van der Waals surface area contributed by atoms with Crippen LogP contribution < -0.4 is 49.1 Å². The highest BCUT2D eigenvalue weighted by Gasteiger charge is 2.32. The zero-order valence-electron chi connectivity index (χ0n) is 30.0. The molecular formula is C33H54N10O8S. The Kier molecular flexibility index (Phi) is 20.4. The van der Waals surface area contributed by atoms with E-state index in [-0.39, 0.29) is 36.9 Å². The Bertz CT molecular complexity index is 1390. The van der Waals surface area contributed by atoms with E-state index in [9.17, 15) is 38.7 Å². The second-order valence-electron chi connectivity index (χ2n) is 12.9. The van der Waals surface area contributed by atoms with E-state index >= 15 is 0 Å². The highest BCUT2D eigenvalue weighted by molar-refractivity contribution is 7.80. The third-order valence-electron chi connectivity index (χ3n) is 7.49. The Morgan fingerprint density at radius 2 is 1.37 bits per heavy atom. The molecule has 6 amide bonds. The van der Waals surface area contributed by atoms with Gasteiger partial charge >= 0.3 is 5.97 Å². The van der Waals surface area contributed by atoms with Gasteiger partial charge in [0.2, 0.25) is 35.4 Å². The first-order valence-corrected chi connectivity index (χ1v) is 17.5. The number of thiol groups is 1. The average Bonchev–Trinajstić information content (AvgIpc) is 3.08. The van der Waals surface area contributed by atoms with Crippen molar-refractivity contribution >= 4 is 60.0 Å². The topological polar surface area (TPSA) is 302 Å². The Hall–Kier alpha value is -4.91. The van der Waals surface area contributed by atoms with Crippen molar-refractivity contribution < 1.29 is 38.7 Å². The molecule has 0 fully saturated rings. The van der Waals surface area contributed by atoms with Crippen molar-refractivity contribution in [2.45, 2.75) is 83.6 Å². The van der Waals surface area contributed by atoms with Crippen LogP contribution in [0.25, 0.3) is 0 Å². The molecule has 1 aromatic rings. The summed E-state index contributed by atoms with van der Waals surface area (Å²) in [4.78, 5) is 92.5. The van der Waals surface area contributed by atoms with Gasteiger partial charge in [0.25, 0.3) is 0 Å². The molecule has 0 radical (unpaired) electrons. The first-order valence-electron chi connectivity index (χ1n) is 16.9. The molecule has 290 valence electrons. The maximum Gasteiger partial charge on any atom is 0.326 e. The molecule has 5 atom stereocenters. The summed E-state index contributed by atoms with van der Waals surface area (Å²) in [6.07, 6.45) is 0.928. The van der Waals surface area contributed by atoms with E-state index in [0.29, 0.717) is 18.5 Å². The van der Waals surface area contributed by atoms with Crippen molar-refractivity contribution in [2.24, 2.45) is 34.0 Å². The van der Waals surface area contributed by atoms with Gasteiger partial charge in [0.15, 0.2) is 5.96 Å². The summed E-state index contributed by atoms with van der Waals surface area (Å²) in [6.45, 7) is 6.31. The number of aliphatic imine (C=N–C) groups is 1. The van der Waals surface area contributed by atoms with Crippen LogP contribution in [0.15, 0.2) is 35.3 Å². The summed E-state index contributed by atoms with van der Waals surface area (Å²) in [6, 6.07) is 3.12. The van der Waals surface area contributed by atoms with Crippen LogP contribution in [0.4, 0.5) is 0 Å². The van der Waals surface area contributed by atoms with Gasteiger partial charge in [-0.25, -0.2) is 4.79 Å². The van der Waals surface area contributed by atoms with E-state index in [2.05, 4.69) is 49.5 Å². The van der Waals surface area contributed by atoms with Gasteiger partial charge in [-0.05, 0) is 36.7 Å². The number of hydrogen-bond acceptors (Lipinski definition) is 10. The number of carboxylic acids is 1. The van der Waals surface area contributed by atoms with Crippen LogP contribution in [0.2, 0.25) is 0 Å². The number of amides is 6. The van der Waals surface area contributed by atoms with E-state index in [1.807, 2.05) is 13.8 Å². The largest absolute Gasteiger partial charge is 0.480 e. The van der Waals surface area contributed by atoms with Gasteiger partial charge in [-0.15, -0.1) is 0 Å². The van der Waals surface area contributed by atoms with Gasteiger partial charge in [-0.1, -0.05) is 58.0 Å². The minimum absolute atomic E-state index is 0.0254. The maximum atomic E-state index is 13.3. The van der Waals surface area contributed by atoms with E-state index in [1.54, 1.807) is 44.2 Å². The molecule has 0 aliphatic heterocycles. The number of benzene rings is 1. The molecule has 1 aromatic carbocycles. The van der Waals surface area contributed by atoms with Crippen LogP contribution in [0.1, 0.15) is 52.5 Å². The molecule has 0 saturated carbocycles. The third-order valence-corrected chi connectivity index (χ3v) is 7.86. The third kappa shape index (κ3) is 17.8. The molecule has 0 bridgehead atoms. The Balaban J connectivity index is 2.77.